The molecule has 0 radical (unpaired) electrons. The van der Waals surface area contributed by atoms with E-state index >= 15 is 0 Å². The van der Waals surface area contributed by atoms with E-state index in [0.29, 0.717) is 0 Å². The van der Waals surface area contributed by atoms with Crippen LogP contribution in [0.1, 0.15) is 21.5 Å². The molecule has 2 heterocycles. The molecule has 2 aromatic carbocycles. The normalized spacial score (nSPS) is 16.8. The number of benzene rings is 2. The number of ether oxygens (including phenoxy) is 2. The number of aromatic nitrogens is 2. The highest BCUT2D eigenvalue weighted by Crippen LogP contribution is 2.45. The van der Waals surface area contributed by atoms with Gasteiger partial charge in [0.05, 0.1) is 19.9 Å². The lowest BCUT2D eigenvalue weighted by atomic mass is 9.91. The first kappa shape index (κ1) is 24.6. The Kier molecular flexibility index (Phi) is 5.86. The van der Waals surface area contributed by atoms with Crippen molar-refractivity contribution in [2.75, 3.05) is 19.5 Å². The van der Waals surface area contributed by atoms with Gasteiger partial charge in [0.1, 0.15) is 11.4 Å². The summed E-state index contributed by atoms with van der Waals surface area (Å²) in [4.78, 5) is 53.0. The first-order chi connectivity index (χ1) is 16.9. The van der Waals surface area contributed by atoms with Crippen molar-refractivity contribution in [1.82, 2.24) is 14.9 Å². The fourth-order valence-electron chi connectivity index (χ4n) is 3.94. The number of halogens is 3. The van der Waals surface area contributed by atoms with Crippen LogP contribution in [0.2, 0.25) is 0 Å². The van der Waals surface area contributed by atoms with Crippen LogP contribution in [-0.2, 0) is 10.3 Å². The lowest BCUT2D eigenvalue weighted by Gasteiger charge is -2.30. The van der Waals surface area contributed by atoms with Crippen LogP contribution in [0.4, 0.5) is 19.0 Å². The molecule has 1 atom stereocenters. The second-order valence-electron chi connectivity index (χ2n) is 7.88. The minimum Gasteiger partial charge on any atom is -0.493 e. The molecule has 1 aliphatic heterocycles. The summed E-state index contributed by atoms with van der Waals surface area (Å²) in [5, 5.41) is 3.66. The zero-order chi connectivity index (χ0) is 26.4. The van der Waals surface area contributed by atoms with E-state index in [4.69, 9.17) is 9.47 Å². The van der Waals surface area contributed by atoms with Crippen molar-refractivity contribution in [2.24, 2.45) is 0 Å². The Bertz CT molecular complexity index is 1490. The van der Waals surface area contributed by atoms with E-state index in [9.17, 15) is 32.3 Å². The number of hydrogen-bond donors (Lipinski definition) is 3. The highest BCUT2D eigenvalue weighted by atomic mass is 19.4. The van der Waals surface area contributed by atoms with Gasteiger partial charge in [0.15, 0.2) is 11.5 Å². The molecule has 2 amide bonds. The van der Waals surface area contributed by atoms with Gasteiger partial charge in [0.25, 0.3) is 22.9 Å². The number of aromatic amines is 1. The third-order valence-corrected chi connectivity index (χ3v) is 5.72. The van der Waals surface area contributed by atoms with Crippen LogP contribution >= 0.6 is 0 Å². The molecule has 3 N–H and O–H groups in total. The van der Waals surface area contributed by atoms with Gasteiger partial charge < -0.3 is 20.1 Å². The van der Waals surface area contributed by atoms with E-state index in [-0.39, 0.29) is 22.7 Å². The Labute approximate surface area is 200 Å². The molecule has 10 nitrogen and oxygen atoms in total. The predicted octanol–water partition coefficient (Wildman–Crippen LogP) is 1.99. The maximum absolute atomic E-state index is 14.6. The fourth-order valence-corrected chi connectivity index (χ4v) is 3.94. The zero-order valence-corrected chi connectivity index (χ0v) is 19.1. The Morgan fingerprint density at radius 3 is 2.22 bits per heavy atom. The fraction of sp³-hybridized carbons (Fsp3) is 0.217. The minimum absolute atomic E-state index is 0.0496. The molecule has 3 aromatic rings. The summed E-state index contributed by atoms with van der Waals surface area (Å²) in [6.07, 6.45) is -5.48. The van der Waals surface area contributed by atoms with E-state index < -0.39 is 46.2 Å². The Morgan fingerprint density at radius 1 is 1.00 bits per heavy atom. The first-order valence-corrected chi connectivity index (χ1v) is 10.3. The summed E-state index contributed by atoms with van der Waals surface area (Å²) in [5.41, 5.74) is -6.95. The van der Waals surface area contributed by atoms with Crippen LogP contribution in [0.15, 0.2) is 52.1 Å². The molecule has 0 bridgehead atoms. The van der Waals surface area contributed by atoms with Gasteiger partial charge in [0.2, 0.25) is 0 Å². The molecular weight excluding hydrogens is 485 g/mol. The van der Waals surface area contributed by atoms with Crippen LogP contribution in [0.3, 0.4) is 0 Å². The van der Waals surface area contributed by atoms with Gasteiger partial charge in [-0.1, -0.05) is 17.7 Å². The molecule has 0 spiro atoms. The third kappa shape index (κ3) is 3.68. The smallest absolute Gasteiger partial charge is 0.425 e. The van der Waals surface area contributed by atoms with Crippen LogP contribution in [0, 0.1) is 6.92 Å². The molecule has 13 heteroatoms. The van der Waals surface area contributed by atoms with Crippen molar-refractivity contribution in [2.45, 2.75) is 18.6 Å². The van der Waals surface area contributed by atoms with E-state index in [1.165, 1.54) is 32.4 Å². The molecule has 0 aliphatic carbocycles. The summed E-state index contributed by atoms with van der Waals surface area (Å²) in [6.45, 7) is 1.75. The van der Waals surface area contributed by atoms with Crippen molar-refractivity contribution < 1.29 is 32.2 Å². The lowest BCUT2D eigenvalue weighted by molar-refractivity contribution is -0.196. The quantitative estimate of drug-likeness (QED) is 0.487. The number of nitrogens with zero attached hydrogens (tertiary/aromatic N) is 1. The number of aryl methyl sites for hydroxylation is 1. The molecule has 0 fully saturated rings. The number of carbonyl (C=O) groups is 2. The molecule has 1 aromatic heterocycles. The first-order valence-electron chi connectivity index (χ1n) is 10.3. The summed E-state index contributed by atoms with van der Waals surface area (Å²) in [5.74, 6) is -3.53. The second-order valence-corrected chi connectivity index (χ2v) is 7.88. The van der Waals surface area contributed by atoms with Gasteiger partial charge in [-0.05, 0) is 37.3 Å². The maximum atomic E-state index is 14.6. The van der Waals surface area contributed by atoms with Gasteiger partial charge in [-0.15, -0.1) is 0 Å². The average Bonchev–Trinajstić information content (AvgIpc) is 3.12. The zero-order valence-electron chi connectivity index (χ0n) is 19.1. The molecule has 0 unspecified atom stereocenters. The van der Waals surface area contributed by atoms with Crippen molar-refractivity contribution in [1.29, 1.82) is 0 Å². The van der Waals surface area contributed by atoms with Crippen molar-refractivity contribution in [3.05, 3.63) is 80.0 Å². The molecule has 4 rings (SSSR count). The Morgan fingerprint density at radius 2 is 1.64 bits per heavy atom. The van der Waals surface area contributed by atoms with E-state index in [2.05, 4.69) is 0 Å². The maximum Gasteiger partial charge on any atom is 0.425 e. The highest BCUT2D eigenvalue weighted by Gasteiger charge is 2.68. The monoisotopic (exact) mass is 504 g/mol. The van der Waals surface area contributed by atoms with E-state index in [0.717, 1.165) is 22.3 Å². The number of hydrogen-bond acceptors (Lipinski definition) is 6. The SMILES string of the molecule is COc1ccc(C(=O)N[C@@]2(C(F)(F)F)C(=O)Nc3c2c(=O)[nH]c(=O)n3-c2ccc(C)cc2)cc1OC. The number of H-pyrrole nitrogens is 1. The summed E-state index contributed by atoms with van der Waals surface area (Å²) in [6, 6.07) is 9.60. The van der Waals surface area contributed by atoms with E-state index in [1.54, 1.807) is 24.4 Å². The number of fused-ring (bicyclic) bond motifs is 1. The average molecular weight is 504 g/mol. The largest absolute Gasteiger partial charge is 0.493 e. The summed E-state index contributed by atoms with van der Waals surface area (Å²) in [7, 11) is 2.59. The lowest BCUT2D eigenvalue weighted by Crippen LogP contribution is -2.62. The van der Waals surface area contributed by atoms with Crippen molar-refractivity contribution >= 4 is 17.6 Å². The predicted molar refractivity (Wildman–Crippen MR) is 121 cm³/mol. The Balaban J connectivity index is 1.92. The second kappa shape index (κ2) is 8.59. The van der Waals surface area contributed by atoms with Crippen LogP contribution in [0.25, 0.3) is 5.69 Å². The molecule has 0 saturated heterocycles. The number of anilines is 1. The van der Waals surface area contributed by atoms with E-state index in [1.807, 2.05) is 10.3 Å². The van der Waals surface area contributed by atoms with Gasteiger partial charge in [-0.3, -0.25) is 19.4 Å². The Hall–Kier alpha value is -4.55. The minimum atomic E-state index is -5.48. The van der Waals surface area contributed by atoms with Gasteiger partial charge in [-0.25, -0.2) is 9.36 Å². The third-order valence-electron chi connectivity index (χ3n) is 5.72. The molecule has 0 saturated carbocycles. The standard InChI is InChI=1S/C23H19F3N4O6/c1-11-4-7-13(8-5-11)30-17-16(19(32)28-21(30)34)22(20(33)27-17,23(24,25)26)29-18(31)12-6-9-14(35-2)15(10-12)36-3/h4-10H,1-3H3,(H,27,33)(H,29,31)(H,28,32,34)/t22-/m1/s1. The van der Waals surface area contributed by atoms with Crippen LogP contribution in [0.5, 0.6) is 11.5 Å². The summed E-state index contributed by atoms with van der Waals surface area (Å²) < 4.78 is 54.6. The molecule has 36 heavy (non-hydrogen) atoms. The number of alkyl halides is 3. The number of carbonyl (C=O) groups excluding carboxylic acids is 2. The molecule has 188 valence electrons. The number of nitrogens with one attached hydrogen (secondary N) is 3. The van der Waals surface area contributed by atoms with Gasteiger partial charge in [-0.2, -0.15) is 13.2 Å². The number of amides is 2. The van der Waals surface area contributed by atoms with Gasteiger partial charge in [0, 0.05) is 5.56 Å². The number of methoxy groups -OCH3 is 2. The van der Waals surface area contributed by atoms with Crippen molar-refractivity contribution in [3.63, 3.8) is 0 Å². The topological polar surface area (TPSA) is 132 Å². The molecule has 1 aliphatic rings. The number of rotatable bonds is 5. The molecular formula is C23H19F3N4O6. The summed E-state index contributed by atoms with van der Waals surface area (Å²) >= 11 is 0. The van der Waals surface area contributed by atoms with Crippen molar-refractivity contribution in [3.8, 4) is 17.2 Å². The van der Waals surface area contributed by atoms with Crippen LogP contribution < -0.4 is 31.4 Å². The highest BCUT2D eigenvalue weighted by molar-refractivity contribution is 6.09. The van der Waals surface area contributed by atoms with Crippen LogP contribution in [-0.4, -0.2) is 41.8 Å². The van der Waals surface area contributed by atoms with Gasteiger partial charge >= 0.3 is 11.9 Å².